The van der Waals surface area contributed by atoms with Crippen molar-refractivity contribution in [3.05, 3.63) is 0 Å². The number of carbonyl (C=O) groups is 1. The summed E-state index contributed by atoms with van der Waals surface area (Å²) in [7, 11) is 0. The fraction of sp³-hybridized carbons (Fsp3) is 0.879. The van der Waals surface area contributed by atoms with Gasteiger partial charge in [0, 0.05) is 18.7 Å². The molecule has 0 aromatic heterocycles. The number of hydrogen-bond acceptors (Lipinski definition) is 5. The molecule has 0 spiro atoms. The normalized spacial score (nSPS) is 10.4. The molecule has 0 atom stereocenters. The Morgan fingerprint density at radius 3 is 0.921 bits per heavy atom. The highest BCUT2D eigenvalue weighted by Crippen LogP contribution is 2.31. The smallest absolute Gasteiger partial charge is 0.159 e. The van der Waals surface area contributed by atoms with Crippen LogP contribution in [0.2, 0.25) is 0 Å². The summed E-state index contributed by atoms with van der Waals surface area (Å²) < 4.78 is 0. The zero-order chi connectivity index (χ0) is 33.0. The van der Waals surface area contributed by atoms with Crippen molar-refractivity contribution in [1.29, 1.82) is 0 Å². The molecule has 0 aromatic rings. The van der Waals surface area contributed by atoms with Crippen molar-refractivity contribution in [1.82, 2.24) is 0 Å². The van der Waals surface area contributed by atoms with E-state index >= 15 is 0 Å². The van der Waals surface area contributed by atoms with E-state index < -0.39 is 0 Å². The number of aliphatic imine (C=N–C) groups is 2. The fourth-order valence-corrected chi connectivity index (χ4v) is 2.46. The highest BCUT2D eigenvalue weighted by Gasteiger charge is 2.20. The Morgan fingerprint density at radius 2 is 0.895 bits per heavy atom. The molecular formula is C33H75N3O2. The monoisotopic (exact) mass is 546 g/mol. The summed E-state index contributed by atoms with van der Waals surface area (Å²) in [5.74, 6) is 0.137. The molecular weight excluding hydrogens is 470 g/mol. The number of carbonyl (C=O) groups excluding carboxylic acids is 1. The van der Waals surface area contributed by atoms with Crippen LogP contribution in [-0.2, 0) is 9.63 Å². The van der Waals surface area contributed by atoms with Gasteiger partial charge in [0.2, 0.25) is 0 Å². The van der Waals surface area contributed by atoms with Crippen molar-refractivity contribution < 1.29 is 9.63 Å². The predicted octanol–water partition coefficient (Wildman–Crippen LogP) is 11.0. The van der Waals surface area contributed by atoms with E-state index in [0.717, 1.165) is 6.54 Å². The zero-order valence-electron chi connectivity index (χ0n) is 30.4. The fourth-order valence-electron chi connectivity index (χ4n) is 2.46. The predicted molar refractivity (Wildman–Crippen MR) is 181 cm³/mol. The van der Waals surface area contributed by atoms with Gasteiger partial charge in [-0.2, -0.15) is 0 Å². The minimum atomic E-state index is -0.263. The van der Waals surface area contributed by atoms with Gasteiger partial charge in [0.1, 0.15) is 5.60 Å². The van der Waals surface area contributed by atoms with Gasteiger partial charge in [-0.15, -0.1) is 5.16 Å². The Labute approximate surface area is 242 Å². The lowest BCUT2D eigenvalue weighted by Crippen LogP contribution is -2.22. The van der Waals surface area contributed by atoms with Crippen LogP contribution in [0.3, 0.4) is 0 Å². The van der Waals surface area contributed by atoms with Crippen LogP contribution >= 0.6 is 0 Å². The van der Waals surface area contributed by atoms with E-state index in [1.807, 2.05) is 83.1 Å². The first kappa shape index (κ1) is 52.8. The number of rotatable bonds is 4. The van der Waals surface area contributed by atoms with Crippen molar-refractivity contribution in [2.45, 2.75) is 157 Å². The van der Waals surface area contributed by atoms with E-state index in [0.29, 0.717) is 16.2 Å². The third-order valence-electron chi connectivity index (χ3n) is 3.08. The van der Waals surface area contributed by atoms with Gasteiger partial charge in [-0.05, 0) is 56.9 Å². The Kier molecular flexibility index (Phi) is 39.6. The standard InChI is InChI=1S/C9H20.C7H13NO.C6H13N.C5H11NO.3C2H6/c1-8(2,3)7-9(4,5)6;1-7(2,3)6(9)5-8-4;1-6(2,3)5-7-4;1-5(2,3)7-6-4;3*1-2/h7H2,1-6H3;4-5H2,1-3H3;4-5H2,1-3H3;4H2,1-3H3;3*1-2H3. The van der Waals surface area contributed by atoms with Crippen molar-refractivity contribution in [3.8, 4) is 0 Å². The van der Waals surface area contributed by atoms with Gasteiger partial charge in [-0.25, -0.2) is 0 Å². The van der Waals surface area contributed by atoms with Gasteiger partial charge in [-0.3, -0.25) is 9.79 Å². The third kappa shape index (κ3) is 83.8. The Balaban J connectivity index is -0.0000000634. The maximum atomic E-state index is 10.9. The highest BCUT2D eigenvalue weighted by atomic mass is 16.6. The molecule has 0 amide bonds. The average Bonchev–Trinajstić information content (AvgIpc) is 2.69. The van der Waals surface area contributed by atoms with Crippen molar-refractivity contribution in [3.63, 3.8) is 0 Å². The van der Waals surface area contributed by atoms with E-state index in [1.54, 1.807) is 0 Å². The lowest BCUT2D eigenvalue weighted by Gasteiger charge is -2.28. The summed E-state index contributed by atoms with van der Waals surface area (Å²) >= 11 is 0. The van der Waals surface area contributed by atoms with Gasteiger partial charge in [0.05, 0.1) is 6.54 Å². The number of hydrogen-bond donors (Lipinski definition) is 0. The quantitative estimate of drug-likeness (QED) is 0.260. The van der Waals surface area contributed by atoms with Crippen LogP contribution in [0.1, 0.15) is 152 Å². The zero-order valence-corrected chi connectivity index (χ0v) is 30.4. The van der Waals surface area contributed by atoms with Crippen molar-refractivity contribution in [2.24, 2.45) is 36.8 Å². The molecule has 0 aromatic carbocycles. The van der Waals surface area contributed by atoms with Crippen molar-refractivity contribution in [2.75, 3.05) is 13.1 Å². The van der Waals surface area contributed by atoms with Crippen LogP contribution in [0, 0.1) is 21.7 Å². The van der Waals surface area contributed by atoms with E-state index in [-0.39, 0.29) is 23.3 Å². The SMILES string of the molecule is C=NCC(=O)C(C)(C)C.C=NCC(C)(C)C.C=NOC(C)(C)C.CC.CC.CC.CC(C)(C)CC(C)(C)C. The molecule has 0 saturated heterocycles. The molecule has 0 fully saturated rings. The van der Waals surface area contributed by atoms with Crippen LogP contribution < -0.4 is 0 Å². The van der Waals surface area contributed by atoms with E-state index in [4.69, 9.17) is 4.84 Å². The minimum absolute atomic E-state index is 0.137. The summed E-state index contributed by atoms with van der Waals surface area (Å²) in [6.07, 6.45) is 1.29. The maximum absolute atomic E-state index is 10.9. The molecule has 0 N–H and O–H groups in total. The van der Waals surface area contributed by atoms with Crippen LogP contribution in [-0.4, -0.2) is 44.6 Å². The molecule has 0 radical (unpaired) electrons. The van der Waals surface area contributed by atoms with Gasteiger partial charge in [0.25, 0.3) is 0 Å². The van der Waals surface area contributed by atoms with Gasteiger partial charge >= 0.3 is 0 Å². The molecule has 0 unspecified atom stereocenters. The molecule has 38 heavy (non-hydrogen) atoms. The molecule has 0 aliphatic carbocycles. The second-order valence-electron chi connectivity index (χ2n) is 13.6. The lowest BCUT2D eigenvalue weighted by atomic mass is 9.78. The lowest BCUT2D eigenvalue weighted by molar-refractivity contribution is -0.124. The summed E-state index contributed by atoms with van der Waals surface area (Å²) in [6.45, 7) is 54.4. The van der Waals surface area contributed by atoms with Gasteiger partial charge in [-0.1, -0.05) is 125 Å². The van der Waals surface area contributed by atoms with Crippen LogP contribution in [0.15, 0.2) is 15.1 Å². The van der Waals surface area contributed by atoms with E-state index in [2.05, 4.69) is 97.6 Å². The number of ketones is 1. The van der Waals surface area contributed by atoms with Crippen LogP contribution in [0.5, 0.6) is 0 Å². The van der Waals surface area contributed by atoms with Gasteiger partial charge in [0.15, 0.2) is 5.78 Å². The highest BCUT2D eigenvalue weighted by molar-refractivity contribution is 5.85. The third-order valence-corrected chi connectivity index (χ3v) is 3.08. The van der Waals surface area contributed by atoms with E-state index in [9.17, 15) is 4.79 Å². The molecule has 0 rings (SSSR count). The molecule has 0 aliphatic rings. The molecule has 5 heteroatoms. The Morgan fingerprint density at radius 1 is 0.579 bits per heavy atom. The van der Waals surface area contributed by atoms with Crippen LogP contribution in [0.4, 0.5) is 0 Å². The Bertz CT molecular complexity index is 487. The molecule has 0 saturated carbocycles. The minimum Gasteiger partial charge on any atom is -0.391 e. The number of oxime groups is 1. The number of Topliss-reactive ketones (excluding diaryl/α,β-unsaturated/α-hetero) is 1. The van der Waals surface area contributed by atoms with Crippen LogP contribution in [0.25, 0.3) is 0 Å². The number of nitrogens with zero attached hydrogens (tertiary/aromatic N) is 3. The van der Waals surface area contributed by atoms with Gasteiger partial charge < -0.3 is 9.83 Å². The first-order chi connectivity index (χ1) is 16.8. The second kappa shape index (κ2) is 28.5. The van der Waals surface area contributed by atoms with Crippen molar-refractivity contribution >= 4 is 25.9 Å². The molecule has 234 valence electrons. The molecule has 5 nitrogen and oxygen atoms in total. The second-order valence-corrected chi connectivity index (χ2v) is 13.6. The topological polar surface area (TPSA) is 63.4 Å². The average molecular weight is 546 g/mol. The Hall–Kier alpha value is -1.52. The molecule has 0 bridgehead atoms. The summed E-state index contributed by atoms with van der Waals surface area (Å²) in [5, 5.41) is 3.26. The maximum Gasteiger partial charge on any atom is 0.159 e. The molecule has 0 heterocycles. The first-order valence-electron chi connectivity index (χ1n) is 14.3. The first-order valence-corrected chi connectivity index (χ1v) is 14.3. The summed E-state index contributed by atoms with van der Waals surface area (Å²) in [4.78, 5) is 22.9. The molecule has 0 aliphatic heterocycles. The summed E-state index contributed by atoms with van der Waals surface area (Å²) in [6, 6.07) is 0. The summed E-state index contributed by atoms with van der Waals surface area (Å²) in [5.41, 5.74) is 0.848. The van der Waals surface area contributed by atoms with E-state index in [1.165, 1.54) is 6.42 Å². The largest absolute Gasteiger partial charge is 0.391 e.